The van der Waals surface area contributed by atoms with Crippen molar-refractivity contribution in [2.24, 2.45) is 0 Å². The fourth-order valence-electron chi connectivity index (χ4n) is 9.00. The minimum absolute atomic E-state index is 0.447. The van der Waals surface area contributed by atoms with Gasteiger partial charge in [-0.3, -0.25) is 0 Å². The van der Waals surface area contributed by atoms with E-state index in [0.717, 1.165) is 6.42 Å². The van der Waals surface area contributed by atoms with Crippen LogP contribution in [0.3, 0.4) is 0 Å². The Morgan fingerprint density at radius 3 is 1.49 bits per heavy atom. The van der Waals surface area contributed by atoms with E-state index in [1.807, 2.05) is 0 Å². The van der Waals surface area contributed by atoms with Crippen molar-refractivity contribution in [2.75, 3.05) is 0 Å². The third-order valence-corrected chi connectivity index (χ3v) is 11.7. The molecular weight excluding hydrogens is 685 g/mol. The predicted molar refractivity (Wildman–Crippen MR) is 245 cm³/mol. The predicted octanol–water partition coefficient (Wildman–Crippen LogP) is 15.8. The molecule has 0 saturated heterocycles. The van der Waals surface area contributed by atoms with Crippen LogP contribution in [0, 0.1) is 0 Å². The molecule has 0 radical (unpaired) electrons. The van der Waals surface area contributed by atoms with Crippen LogP contribution in [0.2, 0.25) is 0 Å². The summed E-state index contributed by atoms with van der Waals surface area (Å²) in [5.41, 5.74) is 15.1. The van der Waals surface area contributed by atoms with Gasteiger partial charge >= 0.3 is 0 Å². The lowest BCUT2D eigenvalue weighted by Gasteiger charge is -2.20. The highest BCUT2D eigenvalue weighted by Crippen LogP contribution is 2.47. The second-order valence-corrected chi connectivity index (χ2v) is 15.3. The molecule has 0 spiro atoms. The lowest BCUT2D eigenvalue weighted by molar-refractivity contribution is 0.759. The van der Waals surface area contributed by atoms with Gasteiger partial charge in [-0.25, -0.2) is 0 Å². The maximum atomic E-state index is 2.39. The van der Waals surface area contributed by atoms with E-state index in [9.17, 15) is 0 Å². The lowest BCUT2D eigenvalue weighted by Crippen LogP contribution is -1.98. The first-order valence-corrected chi connectivity index (χ1v) is 20.1. The fourth-order valence-corrected chi connectivity index (χ4v) is 9.00. The molecule has 0 aliphatic heterocycles. The molecule has 10 aromatic carbocycles. The number of hydrogen-bond donors (Lipinski definition) is 0. The summed E-state index contributed by atoms with van der Waals surface area (Å²) in [4.78, 5) is 0. The molecular formula is C57H42. The van der Waals surface area contributed by atoms with Crippen LogP contribution in [0.1, 0.15) is 24.0 Å². The molecule has 0 N–H and O–H groups in total. The molecule has 57 heavy (non-hydrogen) atoms. The van der Waals surface area contributed by atoms with Gasteiger partial charge in [0.15, 0.2) is 0 Å². The first-order chi connectivity index (χ1) is 28.2. The number of fused-ring (bicyclic) bond motifs is 3. The third kappa shape index (κ3) is 6.50. The highest BCUT2D eigenvalue weighted by atomic mass is 14.2. The van der Waals surface area contributed by atoms with Gasteiger partial charge in [0.2, 0.25) is 0 Å². The Labute approximate surface area is 335 Å². The van der Waals surface area contributed by atoms with Gasteiger partial charge in [0.1, 0.15) is 0 Å². The van der Waals surface area contributed by atoms with Gasteiger partial charge in [0.05, 0.1) is 0 Å². The molecule has 0 bridgehead atoms. The molecule has 0 aliphatic carbocycles. The lowest BCUT2D eigenvalue weighted by atomic mass is 9.83. The zero-order valence-electron chi connectivity index (χ0n) is 32.1. The van der Waals surface area contributed by atoms with E-state index < -0.39 is 0 Å². The van der Waals surface area contributed by atoms with Gasteiger partial charge < -0.3 is 0 Å². The van der Waals surface area contributed by atoms with Crippen molar-refractivity contribution in [1.82, 2.24) is 0 Å². The van der Waals surface area contributed by atoms with Crippen LogP contribution in [0.5, 0.6) is 0 Å². The highest BCUT2D eigenvalue weighted by molar-refractivity contribution is 6.22. The van der Waals surface area contributed by atoms with Crippen LogP contribution >= 0.6 is 0 Å². The molecule has 0 fully saturated rings. The molecule has 10 rings (SSSR count). The molecule has 0 heterocycles. The molecule has 270 valence electrons. The van der Waals surface area contributed by atoms with Crippen molar-refractivity contribution in [1.29, 1.82) is 0 Å². The summed E-state index contributed by atoms with van der Waals surface area (Å²) in [5.74, 6) is 0.447. The van der Waals surface area contributed by atoms with Crippen molar-refractivity contribution < 1.29 is 0 Å². The summed E-state index contributed by atoms with van der Waals surface area (Å²) < 4.78 is 0. The summed E-state index contributed by atoms with van der Waals surface area (Å²) in [6.45, 7) is 2.32. The minimum Gasteiger partial charge on any atom is -0.0622 e. The van der Waals surface area contributed by atoms with E-state index >= 15 is 0 Å². The molecule has 1 atom stereocenters. The Bertz CT molecular complexity index is 3000. The maximum Gasteiger partial charge on any atom is -0.00201 e. The molecule has 0 nitrogen and oxygen atoms in total. The van der Waals surface area contributed by atoms with E-state index in [4.69, 9.17) is 0 Å². The third-order valence-electron chi connectivity index (χ3n) is 11.7. The van der Waals surface area contributed by atoms with Crippen molar-refractivity contribution in [3.8, 4) is 55.6 Å². The fraction of sp³-hybridized carbons (Fsp3) is 0.0526. The van der Waals surface area contributed by atoms with Crippen molar-refractivity contribution >= 4 is 32.3 Å². The van der Waals surface area contributed by atoms with Gasteiger partial charge in [0.25, 0.3) is 0 Å². The number of benzene rings is 10. The van der Waals surface area contributed by atoms with Crippen LogP contribution in [-0.2, 0) is 6.42 Å². The normalized spacial score (nSPS) is 11.9. The van der Waals surface area contributed by atoms with Crippen LogP contribution < -0.4 is 0 Å². The second kappa shape index (κ2) is 14.9. The van der Waals surface area contributed by atoms with Crippen LogP contribution in [0.25, 0.3) is 88.0 Å². The van der Waals surface area contributed by atoms with Gasteiger partial charge in [-0.05, 0) is 124 Å². The number of hydrogen-bond acceptors (Lipinski definition) is 0. The van der Waals surface area contributed by atoms with E-state index in [0.29, 0.717) is 5.92 Å². The van der Waals surface area contributed by atoms with Crippen molar-refractivity contribution in [3.05, 3.63) is 230 Å². The molecule has 0 aromatic heterocycles. The smallest absolute Gasteiger partial charge is 0.00201 e. The summed E-state index contributed by atoms with van der Waals surface area (Å²) in [6.07, 6.45) is 1.00. The van der Waals surface area contributed by atoms with Gasteiger partial charge in [0, 0.05) is 0 Å². The van der Waals surface area contributed by atoms with Crippen LogP contribution in [-0.4, -0.2) is 0 Å². The topological polar surface area (TPSA) is 0 Å². The second-order valence-electron chi connectivity index (χ2n) is 15.3. The standard InChI is InChI=1S/C57H42/c1-39(41-18-3-2-4-19-41)35-40-17-13-22-43(36-40)44-23-14-26-47(37-44)56-52-30-9-11-32-54(52)57(55-33-12-10-31-53(55)56)51-29-8-7-28-50(51)46-25-15-24-45(38-46)49-34-16-21-42-20-5-6-27-48(42)49/h2-34,36-39H,35H2,1H3. The van der Waals surface area contributed by atoms with Crippen LogP contribution in [0.4, 0.5) is 0 Å². The zero-order valence-corrected chi connectivity index (χ0v) is 32.1. The SMILES string of the molecule is CC(Cc1cccc(-c2cccc(-c3c4ccccc4c(-c4ccccc4-c4cccc(-c5cccc6ccccc56)c4)c4ccccc34)c2)c1)c1ccccc1. The van der Waals surface area contributed by atoms with E-state index in [1.165, 1.54) is 99.1 Å². The molecule has 0 aliphatic rings. The Balaban J connectivity index is 1.10. The van der Waals surface area contributed by atoms with E-state index in [-0.39, 0.29) is 0 Å². The Kier molecular flexibility index (Phi) is 9.01. The summed E-state index contributed by atoms with van der Waals surface area (Å²) in [7, 11) is 0. The Morgan fingerprint density at radius 2 is 0.772 bits per heavy atom. The molecule has 10 aromatic rings. The van der Waals surface area contributed by atoms with E-state index in [2.05, 4.69) is 225 Å². The van der Waals surface area contributed by atoms with Crippen molar-refractivity contribution in [3.63, 3.8) is 0 Å². The van der Waals surface area contributed by atoms with Gasteiger partial charge in [-0.1, -0.05) is 213 Å². The van der Waals surface area contributed by atoms with Crippen molar-refractivity contribution in [2.45, 2.75) is 19.3 Å². The minimum atomic E-state index is 0.447. The Morgan fingerprint density at radius 1 is 0.316 bits per heavy atom. The average Bonchev–Trinajstić information content (AvgIpc) is 3.28. The first-order valence-electron chi connectivity index (χ1n) is 20.1. The maximum absolute atomic E-state index is 2.39. The quantitative estimate of drug-likeness (QED) is 0.137. The summed E-state index contributed by atoms with van der Waals surface area (Å²) >= 11 is 0. The highest BCUT2D eigenvalue weighted by Gasteiger charge is 2.19. The average molecular weight is 727 g/mol. The first kappa shape index (κ1) is 34.5. The molecule has 0 amide bonds. The van der Waals surface area contributed by atoms with Gasteiger partial charge in [-0.15, -0.1) is 0 Å². The molecule has 0 heteroatoms. The largest absolute Gasteiger partial charge is 0.0622 e. The van der Waals surface area contributed by atoms with Gasteiger partial charge in [-0.2, -0.15) is 0 Å². The van der Waals surface area contributed by atoms with Crippen LogP contribution in [0.15, 0.2) is 218 Å². The Hall–Kier alpha value is -7.02. The number of rotatable bonds is 8. The van der Waals surface area contributed by atoms with E-state index in [1.54, 1.807) is 0 Å². The summed E-state index contributed by atoms with van der Waals surface area (Å²) in [6, 6.07) is 80.4. The molecule has 1 unspecified atom stereocenters. The molecule has 0 saturated carbocycles. The summed E-state index contributed by atoms with van der Waals surface area (Å²) in [5, 5.41) is 7.55. The zero-order chi connectivity index (χ0) is 38.1. The monoisotopic (exact) mass is 726 g/mol.